The third-order valence-corrected chi connectivity index (χ3v) is 7.83. The molecule has 1 saturated heterocycles. The summed E-state index contributed by atoms with van der Waals surface area (Å²) in [5, 5.41) is 5.88. The van der Waals surface area contributed by atoms with Crippen LogP contribution in [0.4, 0.5) is 0 Å². The van der Waals surface area contributed by atoms with Crippen molar-refractivity contribution < 1.29 is 17.7 Å². The molecule has 1 fully saturated rings. The Labute approximate surface area is 179 Å². The highest BCUT2D eigenvalue weighted by Crippen LogP contribution is 2.25. The van der Waals surface area contributed by atoms with Gasteiger partial charge in [0, 0.05) is 25.7 Å². The molecule has 0 N–H and O–H groups in total. The lowest BCUT2D eigenvalue weighted by Gasteiger charge is -2.19. The molecule has 1 aromatic carbocycles. The smallest absolute Gasteiger partial charge is 0.254 e. The van der Waals surface area contributed by atoms with E-state index in [1.165, 1.54) is 26.6 Å². The fraction of sp³-hybridized carbons (Fsp3) is 0.350. The molecule has 0 radical (unpaired) electrons. The highest BCUT2D eigenvalue weighted by Gasteiger charge is 2.28. The summed E-state index contributed by atoms with van der Waals surface area (Å²) in [7, 11) is -1.97. The van der Waals surface area contributed by atoms with Gasteiger partial charge in [-0.1, -0.05) is 17.3 Å². The Balaban J connectivity index is 1.54. The van der Waals surface area contributed by atoms with E-state index >= 15 is 0 Å². The minimum atomic E-state index is -3.59. The summed E-state index contributed by atoms with van der Waals surface area (Å²) in [5.74, 6) is 0.491. The number of rotatable bonds is 6. The number of thiophene rings is 1. The van der Waals surface area contributed by atoms with Gasteiger partial charge in [-0.05, 0) is 48.9 Å². The number of amides is 1. The maximum atomic E-state index is 13.0. The Morgan fingerprint density at radius 1 is 1.27 bits per heavy atom. The van der Waals surface area contributed by atoms with Crippen molar-refractivity contribution in [3.63, 3.8) is 0 Å². The van der Waals surface area contributed by atoms with Crippen molar-refractivity contribution in [2.75, 3.05) is 20.1 Å². The lowest BCUT2D eigenvalue weighted by molar-refractivity contribution is 0.0768. The van der Waals surface area contributed by atoms with Crippen LogP contribution in [0, 0.1) is 6.92 Å². The second-order valence-corrected chi connectivity index (χ2v) is 10.1. The van der Waals surface area contributed by atoms with Crippen molar-refractivity contribution in [1.29, 1.82) is 0 Å². The van der Waals surface area contributed by atoms with Crippen molar-refractivity contribution in [1.82, 2.24) is 19.3 Å². The van der Waals surface area contributed by atoms with Gasteiger partial charge >= 0.3 is 0 Å². The summed E-state index contributed by atoms with van der Waals surface area (Å²) in [5.41, 5.74) is 1.05. The van der Waals surface area contributed by atoms with Gasteiger partial charge in [-0.3, -0.25) is 4.79 Å². The molecule has 0 bridgehead atoms. The monoisotopic (exact) mass is 446 g/mol. The molecule has 8 nitrogen and oxygen atoms in total. The fourth-order valence-electron chi connectivity index (χ4n) is 3.37. The van der Waals surface area contributed by atoms with Crippen LogP contribution in [0.3, 0.4) is 0 Å². The number of sulfonamides is 1. The van der Waals surface area contributed by atoms with Gasteiger partial charge in [0.25, 0.3) is 5.91 Å². The van der Waals surface area contributed by atoms with Gasteiger partial charge in [-0.15, -0.1) is 11.3 Å². The van der Waals surface area contributed by atoms with Crippen LogP contribution in [0.1, 0.15) is 34.7 Å². The second kappa shape index (κ2) is 8.29. The van der Waals surface area contributed by atoms with Gasteiger partial charge in [-0.25, -0.2) is 8.42 Å². The maximum Gasteiger partial charge on any atom is 0.254 e. The first-order chi connectivity index (χ1) is 14.4. The van der Waals surface area contributed by atoms with Gasteiger partial charge in [0.05, 0.1) is 16.3 Å². The average Bonchev–Trinajstić information content (AvgIpc) is 3.49. The van der Waals surface area contributed by atoms with E-state index in [0.717, 1.165) is 17.7 Å². The van der Waals surface area contributed by atoms with Gasteiger partial charge in [-0.2, -0.15) is 9.29 Å². The minimum absolute atomic E-state index is 0.125. The lowest BCUT2D eigenvalue weighted by Crippen LogP contribution is -2.29. The van der Waals surface area contributed by atoms with E-state index in [0.29, 0.717) is 35.9 Å². The normalized spacial score (nSPS) is 14.9. The molecule has 2 aromatic heterocycles. The van der Waals surface area contributed by atoms with E-state index in [1.807, 2.05) is 17.5 Å². The Kier molecular flexibility index (Phi) is 5.72. The van der Waals surface area contributed by atoms with Crippen LogP contribution >= 0.6 is 11.3 Å². The number of hydrogen-bond donors (Lipinski definition) is 0. The van der Waals surface area contributed by atoms with Gasteiger partial charge in [0.2, 0.25) is 21.7 Å². The largest absolute Gasteiger partial charge is 0.337 e. The summed E-state index contributed by atoms with van der Waals surface area (Å²) >= 11 is 1.50. The summed E-state index contributed by atoms with van der Waals surface area (Å²) in [6, 6.07) is 8.49. The van der Waals surface area contributed by atoms with Crippen molar-refractivity contribution in [2.45, 2.75) is 31.2 Å². The predicted molar refractivity (Wildman–Crippen MR) is 113 cm³/mol. The average molecular weight is 447 g/mol. The zero-order valence-electron chi connectivity index (χ0n) is 16.7. The van der Waals surface area contributed by atoms with E-state index in [9.17, 15) is 13.2 Å². The van der Waals surface area contributed by atoms with Crippen molar-refractivity contribution in [3.05, 3.63) is 52.7 Å². The van der Waals surface area contributed by atoms with Crippen LogP contribution in [-0.4, -0.2) is 53.8 Å². The number of carbonyl (C=O) groups excluding carboxylic acids is 1. The summed E-state index contributed by atoms with van der Waals surface area (Å²) in [6.07, 6.45) is 1.72. The number of hydrogen-bond acceptors (Lipinski definition) is 7. The number of carbonyl (C=O) groups is 1. The van der Waals surface area contributed by atoms with Crippen molar-refractivity contribution in [2.24, 2.45) is 0 Å². The summed E-state index contributed by atoms with van der Waals surface area (Å²) < 4.78 is 32.5. The first kappa shape index (κ1) is 20.7. The third kappa shape index (κ3) is 4.03. The van der Waals surface area contributed by atoms with E-state index < -0.39 is 10.0 Å². The molecule has 1 aliphatic rings. The minimum Gasteiger partial charge on any atom is -0.337 e. The van der Waals surface area contributed by atoms with Gasteiger partial charge in [0.15, 0.2) is 0 Å². The Morgan fingerprint density at radius 3 is 2.73 bits per heavy atom. The highest BCUT2D eigenvalue weighted by molar-refractivity contribution is 7.89. The zero-order chi connectivity index (χ0) is 21.3. The maximum absolute atomic E-state index is 13.0. The summed E-state index contributed by atoms with van der Waals surface area (Å²) in [6.45, 7) is 2.95. The van der Waals surface area contributed by atoms with Crippen LogP contribution in [0.25, 0.3) is 10.7 Å². The van der Waals surface area contributed by atoms with Crippen molar-refractivity contribution >= 4 is 27.3 Å². The van der Waals surface area contributed by atoms with E-state index in [1.54, 1.807) is 26.1 Å². The van der Waals surface area contributed by atoms with Crippen LogP contribution < -0.4 is 0 Å². The number of nitrogens with zero attached hydrogens (tertiary/aromatic N) is 4. The molecule has 1 aliphatic heterocycles. The predicted octanol–water partition coefficient (Wildman–Crippen LogP) is 3.16. The second-order valence-electron chi connectivity index (χ2n) is 7.24. The molecular formula is C20H22N4O4S2. The van der Waals surface area contributed by atoms with E-state index in [-0.39, 0.29) is 17.3 Å². The summed E-state index contributed by atoms with van der Waals surface area (Å²) in [4.78, 5) is 19.8. The molecule has 3 aromatic rings. The molecule has 0 unspecified atom stereocenters. The molecule has 0 atom stereocenters. The first-order valence-electron chi connectivity index (χ1n) is 9.59. The highest BCUT2D eigenvalue weighted by atomic mass is 32.2. The number of aryl methyl sites for hydroxylation is 1. The van der Waals surface area contributed by atoms with E-state index in [2.05, 4.69) is 10.1 Å². The zero-order valence-corrected chi connectivity index (χ0v) is 18.4. The quantitative estimate of drug-likeness (QED) is 0.577. The Morgan fingerprint density at radius 2 is 2.03 bits per heavy atom. The molecule has 0 saturated carbocycles. The Bertz CT molecular complexity index is 1150. The SMILES string of the molecule is Cc1ccc(S(=O)(=O)N2CCCC2)cc1C(=O)N(C)Cc1nc(-c2cccs2)no1. The van der Waals surface area contributed by atoms with Crippen molar-refractivity contribution in [3.8, 4) is 10.7 Å². The molecule has 10 heteroatoms. The van der Waals surface area contributed by atoms with E-state index in [4.69, 9.17) is 4.52 Å². The fourth-order valence-corrected chi connectivity index (χ4v) is 5.57. The third-order valence-electron chi connectivity index (χ3n) is 5.07. The van der Waals surface area contributed by atoms with Crippen LogP contribution in [0.5, 0.6) is 0 Å². The molecule has 0 aliphatic carbocycles. The van der Waals surface area contributed by atoms with Gasteiger partial charge in [0.1, 0.15) is 0 Å². The first-order valence-corrected chi connectivity index (χ1v) is 11.9. The standard InChI is InChI=1S/C20H22N4O4S2/c1-14-7-8-15(30(26,27)24-9-3-4-10-24)12-16(14)20(25)23(2)13-18-21-19(22-28-18)17-6-5-11-29-17/h5-8,11-12H,3-4,9-10,13H2,1-2H3. The lowest BCUT2D eigenvalue weighted by atomic mass is 10.1. The van der Waals surface area contributed by atoms with Gasteiger partial charge < -0.3 is 9.42 Å². The molecular weight excluding hydrogens is 424 g/mol. The van der Waals surface area contributed by atoms with Crippen LogP contribution in [0.15, 0.2) is 45.1 Å². The number of aromatic nitrogens is 2. The van der Waals surface area contributed by atoms with Crippen LogP contribution in [-0.2, 0) is 16.6 Å². The molecule has 1 amide bonds. The molecule has 0 spiro atoms. The van der Waals surface area contributed by atoms with Crippen LogP contribution in [0.2, 0.25) is 0 Å². The number of benzene rings is 1. The Hall–Kier alpha value is -2.56. The molecule has 30 heavy (non-hydrogen) atoms. The molecule has 158 valence electrons. The molecule has 3 heterocycles. The topological polar surface area (TPSA) is 96.6 Å². The molecule has 4 rings (SSSR count).